The van der Waals surface area contributed by atoms with Gasteiger partial charge in [0, 0.05) is 44.4 Å². The van der Waals surface area contributed by atoms with Gasteiger partial charge in [0.25, 0.3) is 0 Å². The molecule has 0 aliphatic rings. The van der Waals surface area contributed by atoms with E-state index >= 15 is 0 Å². The molecule has 0 aliphatic heterocycles. The molecule has 3 rings (SSSR count). The van der Waals surface area contributed by atoms with E-state index in [0.29, 0.717) is 6.54 Å². The minimum absolute atomic E-state index is 0.0215. The second-order valence-electron chi connectivity index (χ2n) is 5.85. The SMILES string of the molecule is CC(C(=O)N(C)Cc1nccn1C)n1ccnc1-c1ccccc1. The van der Waals surface area contributed by atoms with Crippen LogP contribution in [0.15, 0.2) is 55.1 Å². The molecule has 1 amide bonds. The minimum atomic E-state index is -0.340. The molecule has 2 aromatic heterocycles. The molecule has 3 aromatic rings. The quantitative estimate of drug-likeness (QED) is 0.725. The number of hydrogen-bond acceptors (Lipinski definition) is 3. The molecule has 0 aliphatic carbocycles. The summed E-state index contributed by atoms with van der Waals surface area (Å²) in [6.07, 6.45) is 7.19. The zero-order valence-corrected chi connectivity index (χ0v) is 14.1. The average molecular weight is 323 g/mol. The van der Waals surface area contributed by atoms with Crippen molar-refractivity contribution < 1.29 is 4.79 Å². The molecular formula is C18H21N5O. The standard InChI is InChI=1S/C18H21N5O/c1-14(18(24)22(3)13-16-19-9-11-21(16)2)23-12-10-20-17(23)15-7-5-4-6-8-15/h4-12,14H,13H2,1-3H3. The fourth-order valence-electron chi connectivity index (χ4n) is 2.71. The van der Waals surface area contributed by atoms with Crippen molar-refractivity contribution in [2.45, 2.75) is 19.5 Å². The van der Waals surface area contributed by atoms with Crippen molar-refractivity contribution in [1.29, 1.82) is 0 Å². The van der Waals surface area contributed by atoms with Crippen LogP contribution in [0.4, 0.5) is 0 Å². The summed E-state index contributed by atoms with van der Waals surface area (Å²) >= 11 is 0. The average Bonchev–Trinajstić information content (AvgIpc) is 3.24. The zero-order valence-electron chi connectivity index (χ0n) is 14.1. The molecule has 0 fully saturated rings. The molecule has 0 bridgehead atoms. The van der Waals surface area contributed by atoms with Crippen LogP contribution >= 0.6 is 0 Å². The highest BCUT2D eigenvalue weighted by molar-refractivity contribution is 5.80. The molecule has 0 saturated carbocycles. The largest absolute Gasteiger partial charge is 0.337 e. The molecule has 24 heavy (non-hydrogen) atoms. The van der Waals surface area contributed by atoms with Gasteiger partial charge in [-0.25, -0.2) is 9.97 Å². The fourth-order valence-corrected chi connectivity index (χ4v) is 2.71. The van der Waals surface area contributed by atoms with Crippen molar-refractivity contribution in [3.63, 3.8) is 0 Å². The number of carbonyl (C=O) groups excluding carboxylic acids is 1. The Morgan fingerprint density at radius 3 is 2.54 bits per heavy atom. The maximum atomic E-state index is 12.8. The first-order chi connectivity index (χ1) is 11.6. The first-order valence-corrected chi connectivity index (χ1v) is 7.87. The summed E-state index contributed by atoms with van der Waals surface area (Å²) in [6, 6.07) is 9.54. The van der Waals surface area contributed by atoms with Gasteiger partial charge in [-0.15, -0.1) is 0 Å². The van der Waals surface area contributed by atoms with E-state index in [1.54, 1.807) is 24.3 Å². The van der Waals surface area contributed by atoms with Gasteiger partial charge in [-0.2, -0.15) is 0 Å². The maximum Gasteiger partial charge on any atom is 0.245 e. The van der Waals surface area contributed by atoms with E-state index in [0.717, 1.165) is 17.2 Å². The van der Waals surface area contributed by atoms with Gasteiger partial charge < -0.3 is 14.0 Å². The number of imidazole rings is 2. The zero-order chi connectivity index (χ0) is 17.1. The van der Waals surface area contributed by atoms with E-state index in [4.69, 9.17) is 0 Å². The summed E-state index contributed by atoms with van der Waals surface area (Å²) in [5.74, 6) is 1.67. The number of nitrogens with zero attached hydrogens (tertiary/aromatic N) is 5. The topological polar surface area (TPSA) is 56.0 Å². The third kappa shape index (κ3) is 3.08. The summed E-state index contributed by atoms with van der Waals surface area (Å²) in [5.41, 5.74) is 0.994. The molecule has 0 radical (unpaired) electrons. The summed E-state index contributed by atoms with van der Waals surface area (Å²) in [7, 11) is 3.72. The summed E-state index contributed by atoms with van der Waals surface area (Å²) in [5, 5.41) is 0. The van der Waals surface area contributed by atoms with Crippen LogP contribution in [-0.4, -0.2) is 37.0 Å². The normalized spacial score (nSPS) is 12.1. The van der Waals surface area contributed by atoms with Crippen LogP contribution < -0.4 is 0 Å². The number of hydrogen-bond donors (Lipinski definition) is 0. The second-order valence-corrected chi connectivity index (χ2v) is 5.85. The maximum absolute atomic E-state index is 12.8. The lowest BCUT2D eigenvalue weighted by Gasteiger charge is -2.23. The lowest BCUT2D eigenvalue weighted by molar-refractivity contribution is -0.133. The third-order valence-electron chi connectivity index (χ3n) is 4.15. The number of benzene rings is 1. The van der Waals surface area contributed by atoms with Crippen molar-refractivity contribution in [2.75, 3.05) is 7.05 Å². The van der Waals surface area contributed by atoms with Crippen molar-refractivity contribution in [3.05, 3.63) is 60.9 Å². The summed E-state index contributed by atoms with van der Waals surface area (Å²) in [6.45, 7) is 2.37. The minimum Gasteiger partial charge on any atom is -0.337 e. The Morgan fingerprint density at radius 1 is 1.17 bits per heavy atom. The summed E-state index contributed by atoms with van der Waals surface area (Å²) < 4.78 is 3.83. The third-order valence-corrected chi connectivity index (χ3v) is 4.15. The lowest BCUT2D eigenvalue weighted by Crippen LogP contribution is -2.33. The van der Waals surface area contributed by atoms with Gasteiger partial charge in [0.15, 0.2) is 0 Å². The monoisotopic (exact) mass is 323 g/mol. The number of aromatic nitrogens is 4. The van der Waals surface area contributed by atoms with Gasteiger partial charge >= 0.3 is 0 Å². The van der Waals surface area contributed by atoms with Crippen molar-refractivity contribution in [3.8, 4) is 11.4 Å². The van der Waals surface area contributed by atoms with E-state index in [9.17, 15) is 4.79 Å². The van der Waals surface area contributed by atoms with Gasteiger partial charge in [0.1, 0.15) is 17.7 Å². The number of likely N-dealkylation sites (N-methyl/N-ethyl adjacent to an activating group) is 1. The van der Waals surface area contributed by atoms with E-state index in [1.165, 1.54) is 0 Å². The van der Waals surface area contributed by atoms with Crippen LogP contribution in [0.3, 0.4) is 0 Å². The van der Waals surface area contributed by atoms with Crippen LogP contribution in [-0.2, 0) is 18.4 Å². The van der Waals surface area contributed by atoms with Crippen LogP contribution in [0.25, 0.3) is 11.4 Å². The Hall–Kier alpha value is -2.89. The van der Waals surface area contributed by atoms with Gasteiger partial charge in [-0.3, -0.25) is 4.79 Å². The first kappa shape index (κ1) is 16.0. The smallest absolute Gasteiger partial charge is 0.245 e. The molecule has 6 heteroatoms. The molecule has 1 unspecified atom stereocenters. The number of amides is 1. The number of aryl methyl sites for hydroxylation is 1. The van der Waals surface area contributed by atoms with Crippen LogP contribution in [0.5, 0.6) is 0 Å². The van der Waals surface area contributed by atoms with E-state index in [2.05, 4.69) is 9.97 Å². The highest BCUT2D eigenvalue weighted by Crippen LogP contribution is 2.22. The summed E-state index contributed by atoms with van der Waals surface area (Å²) in [4.78, 5) is 23.2. The number of rotatable bonds is 5. The van der Waals surface area contributed by atoms with Crippen molar-refractivity contribution >= 4 is 5.91 Å². The first-order valence-electron chi connectivity index (χ1n) is 7.87. The molecule has 0 spiro atoms. The van der Waals surface area contributed by atoms with E-state index < -0.39 is 0 Å². The van der Waals surface area contributed by atoms with Gasteiger partial charge in [0.2, 0.25) is 5.91 Å². The van der Waals surface area contributed by atoms with Crippen LogP contribution in [0.2, 0.25) is 0 Å². The molecule has 124 valence electrons. The molecular weight excluding hydrogens is 302 g/mol. The Bertz CT molecular complexity index is 821. The second kappa shape index (κ2) is 6.70. The highest BCUT2D eigenvalue weighted by Gasteiger charge is 2.22. The Kier molecular flexibility index (Phi) is 4.46. The van der Waals surface area contributed by atoms with Crippen molar-refractivity contribution in [1.82, 2.24) is 24.0 Å². The van der Waals surface area contributed by atoms with Crippen molar-refractivity contribution in [2.24, 2.45) is 7.05 Å². The van der Waals surface area contributed by atoms with E-state index in [1.807, 2.05) is 65.8 Å². The molecule has 1 atom stereocenters. The fraction of sp³-hybridized carbons (Fsp3) is 0.278. The predicted octanol–water partition coefficient (Wildman–Crippen LogP) is 2.50. The van der Waals surface area contributed by atoms with E-state index in [-0.39, 0.29) is 11.9 Å². The molecule has 1 aromatic carbocycles. The Balaban J connectivity index is 1.79. The highest BCUT2D eigenvalue weighted by atomic mass is 16.2. The molecule has 0 N–H and O–H groups in total. The molecule has 2 heterocycles. The van der Waals surface area contributed by atoms with Crippen LogP contribution in [0.1, 0.15) is 18.8 Å². The Labute approximate surface area is 141 Å². The van der Waals surface area contributed by atoms with Gasteiger partial charge in [-0.1, -0.05) is 30.3 Å². The van der Waals surface area contributed by atoms with Crippen LogP contribution in [0, 0.1) is 0 Å². The van der Waals surface area contributed by atoms with Gasteiger partial charge in [-0.05, 0) is 6.92 Å². The molecule has 0 saturated heterocycles. The lowest BCUT2D eigenvalue weighted by atomic mass is 10.2. The van der Waals surface area contributed by atoms with Gasteiger partial charge in [0.05, 0.1) is 6.54 Å². The Morgan fingerprint density at radius 2 is 1.88 bits per heavy atom. The molecule has 6 nitrogen and oxygen atoms in total. The number of carbonyl (C=O) groups is 1. The predicted molar refractivity (Wildman–Crippen MR) is 92.1 cm³/mol.